The summed E-state index contributed by atoms with van der Waals surface area (Å²) in [5, 5.41) is 0. The molecule has 1 aromatic carbocycles. The molecule has 1 atom stereocenters. The van der Waals surface area contributed by atoms with Gasteiger partial charge in [0.25, 0.3) is 0 Å². The van der Waals surface area contributed by atoms with Crippen molar-refractivity contribution in [1.29, 1.82) is 0 Å². The van der Waals surface area contributed by atoms with Crippen LogP contribution in [0.3, 0.4) is 0 Å². The lowest BCUT2D eigenvalue weighted by Crippen LogP contribution is -2.42. The summed E-state index contributed by atoms with van der Waals surface area (Å²) in [6.07, 6.45) is 0. The Labute approximate surface area is 121 Å². The van der Waals surface area contributed by atoms with Gasteiger partial charge in [-0.1, -0.05) is 26.0 Å². The molecule has 1 N–H and O–H groups in total. The molecule has 0 spiro atoms. The molecule has 0 heterocycles. The van der Waals surface area contributed by atoms with Gasteiger partial charge in [0.1, 0.15) is 5.82 Å². The first-order chi connectivity index (χ1) is 9.38. The molecule has 6 heteroatoms. The molecular formula is C14H23FN2O2S. The predicted molar refractivity (Wildman–Crippen MR) is 79.4 cm³/mol. The maximum Gasteiger partial charge on any atom is 0.215 e. The number of rotatable bonds is 8. The lowest BCUT2D eigenvalue weighted by molar-refractivity contribution is 0.232. The summed E-state index contributed by atoms with van der Waals surface area (Å²) in [6, 6.07) is 5.66. The maximum atomic E-state index is 12.8. The molecule has 0 aliphatic heterocycles. The smallest absolute Gasteiger partial charge is 0.215 e. The van der Waals surface area contributed by atoms with Crippen molar-refractivity contribution in [2.75, 3.05) is 19.6 Å². The number of nitrogens with one attached hydrogen (secondary N) is 1. The van der Waals surface area contributed by atoms with Crippen molar-refractivity contribution in [3.8, 4) is 0 Å². The van der Waals surface area contributed by atoms with Crippen molar-refractivity contribution in [1.82, 2.24) is 9.62 Å². The van der Waals surface area contributed by atoms with Crippen LogP contribution in [0.25, 0.3) is 0 Å². The molecule has 114 valence electrons. The second-order valence-corrected chi connectivity index (χ2v) is 6.61. The number of hydrogen-bond acceptors (Lipinski definition) is 3. The SMILES string of the molecule is CCN(CC)C(C)CNS(=O)(=O)Cc1ccc(F)cc1. The summed E-state index contributed by atoms with van der Waals surface area (Å²) < 4.78 is 39.3. The fraction of sp³-hybridized carbons (Fsp3) is 0.571. The van der Waals surface area contributed by atoms with E-state index in [4.69, 9.17) is 0 Å². The monoisotopic (exact) mass is 302 g/mol. The highest BCUT2D eigenvalue weighted by Crippen LogP contribution is 2.07. The van der Waals surface area contributed by atoms with Crippen molar-refractivity contribution in [3.05, 3.63) is 35.6 Å². The average Bonchev–Trinajstić information content (AvgIpc) is 2.40. The third kappa shape index (κ3) is 5.56. The van der Waals surface area contributed by atoms with Crippen LogP contribution in [0, 0.1) is 5.82 Å². The minimum absolute atomic E-state index is 0.127. The van der Waals surface area contributed by atoms with E-state index in [0.717, 1.165) is 13.1 Å². The van der Waals surface area contributed by atoms with Gasteiger partial charge in [0, 0.05) is 12.6 Å². The first-order valence-electron chi connectivity index (χ1n) is 6.83. The molecule has 20 heavy (non-hydrogen) atoms. The van der Waals surface area contributed by atoms with Crippen LogP contribution in [0.1, 0.15) is 26.3 Å². The molecule has 0 fully saturated rings. The second kappa shape index (κ2) is 7.71. The van der Waals surface area contributed by atoms with E-state index in [1.165, 1.54) is 24.3 Å². The highest BCUT2D eigenvalue weighted by Gasteiger charge is 2.15. The summed E-state index contributed by atoms with van der Waals surface area (Å²) in [7, 11) is -3.39. The molecule has 4 nitrogen and oxygen atoms in total. The Bertz CT molecular complexity index is 498. The van der Waals surface area contributed by atoms with Crippen LogP contribution in [-0.4, -0.2) is 39.0 Å². The second-order valence-electron chi connectivity index (χ2n) is 4.80. The number of nitrogens with zero attached hydrogens (tertiary/aromatic N) is 1. The van der Waals surface area contributed by atoms with Crippen LogP contribution in [0.4, 0.5) is 4.39 Å². The summed E-state index contributed by atoms with van der Waals surface area (Å²) in [6.45, 7) is 8.24. The van der Waals surface area contributed by atoms with Crippen LogP contribution in [0.2, 0.25) is 0 Å². The standard InChI is InChI=1S/C14H23FN2O2S/c1-4-17(5-2)12(3)10-16-20(18,19)11-13-6-8-14(15)9-7-13/h6-9,12,16H,4-5,10-11H2,1-3H3. The van der Waals surface area contributed by atoms with Crippen molar-refractivity contribution >= 4 is 10.0 Å². The van der Waals surface area contributed by atoms with Gasteiger partial charge < -0.3 is 0 Å². The van der Waals surface area contributed by atoms with Gasteiger partial charge in [-0.3, -0.25) is 4.90 Å². The zero-order valence-electron chi connectivity index (χ0n) is 12.3. The van der Waals surface area contributed by atoms with Crippen molar-refractivity contribution in [3.63, 3.8) is 0 Å². The molecule has 0 bridgehead atoms. The Kier molecular flexibility index (Phi) is 6.58. The predicted octanol–water partition coefficient (Wildman–Crippen LogP) is 1.98. The maximum absolute atomic E-state index is 12.8. The number of likely N-dealkylation sites (N-methyl/N-ethyl adjacent to an activating group) is 1. The minimum Gasteiger partial charge on any atom is -0.300 e. The van der Waals surface area contributed by atoms with Crippen LogP contribution in [0.15, 0.2) is 24.3 Å². The highest BCUT2D eigenvalue weighted by molar-refractivity contribution is 7.88. The van der Waals surface area contributed by atoms with E-state index in [2.05, 4.69) is 9.62 Å². The highest BCUT2D eigenvalue weighted by atomic mass is 32.2. The Balaban J connectivity index is 2.55. The number of sulfonamides is 1. The fourth-order valence-electron chi connectivity index (χ4n) is 2.07. The molecular weight excluding hydrogens is 279 g/mol. The first-order valence-corrected chi connectivity index (χ1v) is 8.49. The average molecular weight is 302 g/mol. The number of benzene rings is 1. The van der Waals surface area contributed by atoms with Gasteiger partial charge in [-0.15, -0.1) is 0 Å². The third-order valence-electron chi connectivity index (χ3n) is 3.30. The summed E-state index contributed by atoms with van der Waals surface area (Å²) in [5.41, 5.74) is 0.578. The number of hydrogen-bond donors (Lipinski definition) is 1. The Morgan fingerprint density at radius 2 is 1.75 bits per heavy atom. The molecule has 1 unspecified atom stereocenters. The molecule has 0 aromatic heterocycles. The molecule has 0 saturated heterocycles. The van der Waals surface area contributed by atoms with Gasteiger partial charge in [-0.25, -0.2) is 17.5 Å². The zero-order valence-corrected chi connectivity index (χ0v) is 13.1. The van der Waals surface area contributed by atoms with E-state index in [-0.39, 0.29) is 17.6 Å². The summed E-state index contributed by atoms with van der Waals surface area (Å²) in [5.74, 6) is -0.493. The lowest BCUT2D eigenvalue weighted by atomic mass is 10.2. The lowest BCUT2D eigenvalue weighted by Gasteiger charge is -2.26. The summed E-state index contributed by atoms with van der Waals surface area (Å²) >= 11 is 0. The molecule has 0 aliphatic rings. The van der Waals surface area contributed by atoms with Crippen molar-refractivity contribution in [2.45, 2.75) is 32.6 Å². The van der Waals surface area contributed by atoms with Gasteiger partial charge in [-0.2, -0.15) is 0 Å². The van der Waals surface area contributed by atoms with Gasteiger partial charge in [0.05, 0.1) is 5.75 Å². The van der Waals surface area contributed by atoms with Crippen molar-refractivity contribution in [2.24, 2.45) is 0 Å². The van der Waals surface area contributed by atoms with E-state index in [1.807, 2.05) is 20.8 Å². The first kappa shape index (κ1) is 17.1. The van der Waals surface area contributed by atoms with Gasteiger partial charge >= 0.3 is 0 Å². The van der Waals surface area contributed by atoms with Crippen LogP contribution >= 0.6 is 0 Å². The van der Waals surface area contributed by atoms with Gasteiger partial charge in [-0.05, 0) is 37.7 Å². The van der Waals surface area contributed by atoms with Gasteiger partial charge in [0.15, 0.2) is 0 Å². The van der Waals surface area contributed by atoms with Crippen LogP contribution in [0.5, 0.6) is 0 Å². The fourth-order valence-corrected chi connectivity index (χ4v) is 3.30. The molecule has 0 aliphatic carbocycles. The van der Waals surface area contributed by atoms with E-state index in [1.54, 1.807) is 0 Å². The molecule has 1 rings (SSSR count). The quantitative estimate of drug-likeness (QED) is 0.799. The van der Waals surface area contributed by atoms with Crippen LogP contribution < -0.4 is 4.72 Å². The number of halogens is 1. The Morgan fingerprint density at radius 3 is 2.25 bits per heavy atom. The molecule has 0 saturated carbocycles. The Hall–Kier alpha value is -0.980. The minimum atomic E-state index is -3.39. The zero-order chi connectivity index (χ0) is 15.2. The van der Waals surface area contributed by atoms with E-state index >= 15 is 0 Å². The normalized spacial score (nSPS) is 13.7. The van der Waals surface area contributed by atoms with Crippen molar-refractivity contribution < 1.29 is 12.8 Å². The Morgan fingerprint density at radius 1 is 1.20 bits per heavy atom. The van der Waals surface area contributed by atoms with Gasteiger partial charge in [0.2, 0.25) is 10.0 Å². The molecule has 0 amide bonds. The van der Waals surface area contributed by atoms with E-state index in [0.29, 0.717) is 12.1 Å². The van der Waals surface area contributed by atoms with E-state index in [9.17, 15) is 12.8 Å². The third-order valence-corrected chi connectivity index (χ3v) is 4.62. The summed E-state index contributed by atoms with van der Waals surface area (Å²) in [4.78, 5) is 2.18. The molecule has 0 radical (unpaired) electrons. The van der Waals surface area contributed by atoms with Crippen LogP contribution in [-0.2, 0) is 15.8 Å². The largest absolute Gasteiger partial charge is 0.300 e. The van der Waals surface area contributed by atoms with E-state index < -0.39 is 10.0 Å². The molecule has 1 aromatic rings. The topological polar surface area (TPSA) is 49.4 Å².